The Hall–Kier alpha value is -3.56. The highest BCUT2D eigenvalue weighted by atomic mass is 32.2. The largest absolute Gasteiger partial charge is 0.490 e. The van der Waals surface area contributed by atoms with E-state index in [1.54, 1.807) is 42.7 Å². The SMILES string of the molecule is CCOc1cc(/C=C2\SC(=S)N(Cc3ccco3)C2=O)ccc1OCC(=O)Nc1ccc(CC)cc1. The van der Waals surface area contributed by atoms with E-state index in [2.05, 4.69) is 12.2 Å². The average Bonchev–Trinajstić information content (AvgIpc) is 3.48. The average molecular weight is 523 g/mol. The molecule has 0 saturated carbocycles. The van der Waals surface area contributed by atoms with Crippen LogP contribution in [-0.4, -0.2) is 34.2 Å². The molecule has 36 heavy (non-hydrogen) atoms. The van der Waals surface area contributed by atoms with Gasteiger partial charge in [0.25, 0.3) is 11.8 Å². The van der Waals surface area contributed by atoms with Crippen molar-refractivity contribution in [2.75, 3.05) is 18.5 Å². The lowest BCUT2D eigenvalue weighted by atomic mass is 10.1. The summed E-state index contributed by atoms with van der Waals surface area (Å²) in [6, 6.07) is 16.6. The Balaban J connectivity index is 1.42. The Kier molecular flexibility index (Phi) is 8.45. The Bertz CT molecular complexity index is 1270. The second-order valence-corrected chi connectivity index (χ2v) is 9.55. The number of furan rings is 1. The molecule has 0 radical (unpaired) electrons. The number of thiocarbonyl (C=S) groups is 1. The van der Waals surface area contributed by atoms with Gasteiger partial charge in [0.1, 0.15) is 10.1 Å². The number of nitrogens with one attached hydrogen (secondary N) is 1. The number of ether oxygens (including phenoxy) is 2. The maximum Gasteiger partial charge on any atom is 0.266 e. The number of hydrogen-bond donors (Lipinski definition) is 1. The topological polar surface area (TPSA) is 81.0 Å². The molecule has 1 aromatic heterocycles. The van der Waals surface area contributed by atoms with E-state index in [0.717, 1.165) is 12.0 Å². The van der Waals surface area contributed by atoms with Gasteiger partial charge >= 0.3 is 0 Å². The molecule has 1 aliphatic heterocycles. The number of anilines is 1. The van der Waals surface area contributed by atoms with Crippen LogP contribution in [0.1, 0.15) is 30.7 Å². The summed E-state index contributed by atoms with van der Waals surface area (Å²) in [5.41, 5.74) is 2.67. The van der Waals surface area contributed by atoms with E-state index in [0.29, 0.717) is 38.8 Å². The van der Waals surface area contributed by atoms with Crippen molar-refractivity contribution in [3.05, 3.63) is 82.7 Å². The van der Waals surface area contributed by atoms with Gasteiger partial charge < -0.3 is 19.2 Å². The summed E-state index contributed by atoms with van der Waals surface area (Å²) in [6.07, 6.45) is 4.27. The monoisotopic (exact) mass is 522 g/mol. The quantitative estimate of drug-likeness (QED) is 0.272. The maximum absolute atomic E-state index is 12.9. The number of nitrogens with zero attached hydrogens (tertiary/aromatic N) is 1. The summed E-state index contributed by atoms with van der Waals surface area (Å²) in [5.74, 6) is 1.14. The molecule has 0 spiro atoms. The van der Waals surface area contributed by atoms with Gasteiger partial charge in [0.05, 0.1) is 24.3 Å². The Labute approximate surface area is 219 Å². The molecule has 7 nitrogen and oxygen atoms in total. The predicted octanol–water partition coefficient (Wildman–Crippen LogP) is 5.66. The van der Waals surface area contributed by atoms with Crippen molar-refractivity contribution in [1.29, 1.82) is 0 Å². The molecule has 0 bridgehead atoms. The standard InChI is InChI=1S/C27H26N2O5S2/c1-3-18-7-10-20(11-8-18)28-25(30)17-34-22-12-9-19(14-23(22)32-4-2)15-24-26(31)29(27(35)36-24)16-21-6-5-13-33-21/h5-15H,3-4,16-17H2,1-2H3,(H,28,30)/b24-15-. The van der Waals surface area contributed by atoms with E-state index in [9.17, 15) is 9.59 Å². The Morgan fingerprint density at radius 3 is 2.61 bits per heavy atom. The molecule has 186 valence electrons. The molecule has 3 aromatic rings. The lowest BCUT2D eigenvalue weighted by molar-refractivity contribution is -0.122. The lowest BCUT2D eigenvalue weighted by Crippen LogP contribution is -2.27. The van der Waals surface area contributed by atoms with Crippen molar-refractivity contribution in [1.82, 2.24) is 4.90 Å². The van der Waals surface area contributed by atoms with E-state index in [1.165, 1.54) is 22.2 Å². The minimum Gasteiger partial charge on any atom is -0.490 e. The highest BCUT2D eigenvalue weighted by molar-refractivity contribution is 8.26. The van der Waals surface area contributed by atoms with E-state index in [4.69, 9.17) is 26.1 Å². The van der Waals surface area contributed by atoms with Crippen LogP contribution in [-0.2, 0) is 22.6 Å². The Morgan fingerprint density at radius 2 is 1.92 bits per heavy atom. The second kappa shape index (κ2) is 11.9. The minimum absolute atomic E-state index is 0.166. The third-order valence-electron chi connectivity index (χ3n) is 5.34. The minimum atomic E-state index is -0.272. The molecule has 0 aliphatic carbocycles. The van der Waals surface area contributed by atoms with Crippen molar-refractivity contribution >= 4 is 51.9 Å². The van der Waals surface area contributed by atoms with Gasteiger partial charge in [-0.05, 0) is 66.9 Å². The van der Waals surface area contributed by atoms with Crippen LogP contribution >= 0.6 is 24.0 Å². The summed E-state index contributed by atoms with van der Waals surface area (Å²) in [4.78, 5) is 27.3. The molecule has 1 aliphatic rings. The van der Waals surface area contributed by atoms with Crippen molar-refractivity contribution in [2.45, 2.75) is 26.8 Å². The van der Waals surface area contributed by atoms with Crippen molar-refractivity contribution in [3.8, 4) is 11.5 Å². The first kappa shape index (κ1) is 25.5. The zero-order chi connectivity index (χ0) is 25.5. The van der Waals surface area contributed by atoms with Crippen molar-refractivity contribution < 1.29 is 23.5 Å². The number of amides is 2. The van der Waals surface area contributed by atoms with Crippen LogP contribution in [0.25, 0.3) is 6.08 Å². The molecule has 2 amide bonds. The van der Waals surface area contributed by atoms with Gasteiger partial charge in [-0.1, -0.05) is 49.1 Å². The molecule has 9 heteroatoms. The summed E-state index contributed by atoms with van der Waals surface area (Å²) in [7, 11) is 0. The van der Waals surface area contributed by atoms with Gasteiger partial charge in [0, 0.05) is 5.69 Å². The van der Waals surface area contributed by atoms with E-state index >= 15 is 0 Å². The summed E-state index contributed by atoms with van der Waals surface area (Å²) >= 11 is 6.63. The number of carbonyl (C=O) groups excluding carboxylic acids is 2. The number of aryl methyl sites for hydroxylation is 1. The normalized spacial score (nSPS) is 14.4. The van der Waals surface area contributed by atoms with Crippen molar-refractivity contribution in [3.63, 3.8) is 0 Å². The zero-order valence-corrected chi connectivity index (χ0v) is 21.6. The molecule has 0 atom stereocenters. The first-order valence-corrected chi connectivity index (χ1v) is 12.8. The zero-order valence-electron chi connectivity index (χ0n) is 20.0. The number of hydrogen-bond acceptors (Lipinski definition) is 7. The third-order valence-corrected chi connectivity index (χ3v) is 6.72. The fourth-order valence-electron chi connectivity index (χ4n) is 3.51. The summed E-state index contributed by atoms with van der Waals surface area (Å²) < 4.78 is 17.3. The second-order valence-electron chi connectivity index (χ2n) is 7.87. The third kappa shape index (κ3) is 6.35. The number of rotatable bonds is 10. The first-order valence-electron chi connectivity index (χ1n) is 11.5. The van der Waals surface area contributed by atoms with Crippen LogP contribution < -0.4 is 14.8 Å². The first-order chi connectivity index (χ1) is 17.5. The van der Waals surface area contributed by atoms with Gasteiger partial charge in [-0.2, -0.15) is 0 Å². The summed E-state index contributed by atoms with van der Waals surface area (Å²) in [6.45, 7) is 4.48. The van der Waals surface area contributed by atoms with E-state index in [-0.39, 0.29) is 25.0 Å². The number of thioether (sulfide) groups is 1. The molecular formula is C27H26N2O5S2. The van der Waals surface area contributed by atoms with Gasteiger partial charge in [-0.25, -0.2) is 0 Å². The van der Waals surface area contributed by atoms with Crippen molar-refractivity contribution in [2.24, 2.45) is 0 Å². The lowest BCUT2D eigenvalue weighted by Gasteiger charge is -2.13. The number of carbonyl (C=O) groups is 2. The molecule has 4 rings (SSSR count). The highest BCUT2D eigenvalue weighted by Crippen LogP contribution is 2.35. The number of benzene rings is 2. The van der Waals surface area contributed by atoms with Gasteiger partial charge in [0.15, 0.2) is 18.1 Å². The molecule has 1 N–H and O–H groups in total. The molecule has 2 aromatic carbocycles. The van der Waals surface area contributed by atoms with Crippen LogP contribution in [0.4, 0.5) is 5.69 Å². The van der Waals surface area contributed by atoms with Gasteiger partial charge in [0.2, 0.25) is 0 Å². The van der Waals surface area contributed by atoms with E-state index < -0.39 is 0 Å². The van der Waals surface area contributed by atoms with E-state index in [1.807, 2.05) is 31.2 Å². The molecular weight excluding hydrogens is 496 g/mol. The maximum atomic E-state index is 12.9. The van der Waals surface area contributed by atoms with Gasteiger partial charge in [-0.3, -0.25) is 14.5 Å². The molecule has 1 saturated heterocycles. The molecule has 2 heterocycles. The fourth-order valence-corrected chi connectivity index (χ4v) is 4.77. The van der Waals surface area contributed by atoms with Crippen LogP contribution in [0, 0.1) is 0 Å². The smallest absolute Gasteiger partial charge is 0.266 e. The predicted molar refractivity (Wildman–Crippen MR) is 145 cm³/mol. The molecule has 1 fully saturated rings. The Morgan fingerprint density at radius 1 is 1.11 bits per heavy atom. The fraction of sp³-hybridized carbons (Fsp3) is 0.222. The van der Waals surface area contributed by atoms with Crippen LogP contribution in [0.15, 0.2) is 70.2 Å². The highest BCUT2D eigenvalue weighted by Gasteiger charge is 2.32. The summed E-state index contributed by atoms with van der Waals surface area (Å²) in [5, 5.41) is 2.83. The van der Waals surface area contributed by atoms with Crippen LogP contribution in [0.5, 0.6) is 11.5 Å². The van der Waals surface area contributed by atoms with Crippen LogP contribution in [0.3, 0.4) is 0 Å². The van der Waals surface area contributed by atoms with Gasteiger partial charge in [-0.15, -0.1) is 0 Å². The molecule has 0 unspecified atom stereocenters. The van der Waals surface area contributed by atoms with Crippen LogP contribution in [0.2, 0.25) is 0 Å².